The zero-order chi connectivity index (χ0) is 17.1. The number of amides is 2. The molecule has 1 aromatic heterocycles. The Morgan fingerprint density at radius 2 is 2.22 bits per heavy atom. The Morgan fingerprint density at radius 1 is 1.52 bits per heavy atom. The molecule has 0 saturated heterocycles. The summed E-state index contributed by atoms with van der Waals surface area (Å²) in [5.41, 5.74) is 1.07. The van der Waals surface area contributed by atoms with Crippen LogP contribution in [0.25, 0.3) is 0 Å². The molecule has 0 bridgehead atoms. The van der Waals surface area contributed by atoms with Crippen LogP contribution in [0.3, 0.4) is 0 Å². The number of nitrogens with zero attached hydrogens (tertiary/aromatic N) is 4. The third-order valence-electron chi connectivity index (χ3n) is 3.50. The number of hydrogen-bond donors (Lipinski definition) is 1. The highest BCUT2D eigenvalue weighted by Gasteiger charge is 2.19. The van der Waals surface area contributed by atoms with Crippen LogP contribution in [-0.2, 0) is 7.05 Å². The van der Waals surface area contributed by atoms with Gasteiger partial charge in [0.15, 0.2) is 0 Å². The maximum atomic E-state index is 12.3. The van der Waals surface area contributed by atoms with Crippen molar-refractivity contribution < 1.29 is 9.72 Å². The van der Waals surface area contributed by atoms with Crippen molar-refractivity contribution in [1.29, 1.82) is 0 Å². The number of anilines is 1. The highest BCUT2D eigenvalue weighted by atomic mass is 35.5. The number of halogens is 1. The van der Waals surface area contributed by atoms with E-state index in [0.717, 1.165) is 5.56 Å². The van der Waals surface area contributed by atoms with E-state index in [-0.39, 0.29) is 22.8 Å². The summed E-state index contributed by atoms with van der Waals surface area (Å²) >= 11 is 5.83. The zero-order valence-corrected chi connectivity index (χ0v) is 13.6. The van der Waals surface area contributed by atoms with Crippen molar-refractivity contribution in [2.45, 2.75) is 13.0 Å². The third kappa shape index (κ3) is 3.78. The number of carbonyl (C=O) groups is 1. The fraction of sp³-hybridized carbons (Fsp3) is 0.286. The molecule has 1 aromatic carbocycles. The highest BCUT2D eigenvalue weighted by molar-refractivity contribution is 6.33. The summed E-state index contributed by atoms with van der Waals surface area (Å²) in [4.78, 5) is 23.9. The van der Waals surface area contributed by atoms with E-state index < -0.39 is 4.92 Å². The smallest absolute Gasteiger partial charge is 0.321 e. The number of benzene rings is 1. The van der Waals surface area contributed by atoms with Gasteiger partial charge in [0.2, 0.25) is 0 Å². The fourth-order valence-corrected chi connectivity index (χ4v) is 2.25. The second-order valence-corrected chi connectivity index (χ2v) is 5.49. The van der Waals surface area contributed by atoms with Gasteiger partial charge < -0.3 is 10.2 Å². The predicted molar refractivity (Wildman–Crippen MR) is 86.5 cm³/mol. The molecule has 0 saturated carbocycles. The van der Waals surface area contributed by atoms with Crippen LogP contribution in [0.5, 0.6) is 0 Å². The lowest BCUT2D eigenvalue weighted by Crippen LogP contribution is -2.33. The van der Waals surface area contributed by atoms with E-state index in [4.69, 9.17) is 11.6 Å². The third-order valence-corrected chi connectivity index (χ3v) is 3.81. The number of carbonyl (C=O) groups excluding carboxylic acids is 1. The maximum absolute atomic E-state index is 12.3. The molecular formula is C14H16ClN5O3. The topological polar surface area (TPSA) is 93.3 Å². The molecule has 0 aliphatic heterocycles. The van der Waals surface area contributed by atoms with Crippen LogP contribution in [0, 0.1) is 10.1 Å². The fourth-order valence-electron chi connectivity index (χ4n) is 2.00. The number of rotatable bonds is 4. The quantitative estimate of drug-likeness (QED) is 0.684. The van der Waals surface area contributed by atoms with E-state index >= 15 is 0 Å². The number of aromatic nitrogens is 2. The summed E-state index contributed by atoms with van der Waals surface area (Å²) in [6.07, 6.45) is 3.52. The van der Waals surface area contributed by atoms with E-state index in [1.165, 1.54) is 23.1 Å². The molecule has 1 atom stereocenters. The molecule has 1 N–H and O–H groups in total. The number of nitrogens with one attached hydrogen (secondary N) is 1. The Morgan fingerprint density at radius 3 is 2.74 bits per heavy atom. The van der Waals surface area contributed by atoms with Gasteiger partial charge in [-0.05, 0) is 19.1 Å². The van der Waals surface area contributed by atoms with Crippen molar-refractivity contribution in [3.05, 3.63) is 51.3 Å². The average Bonchev–Trinajstić information content (AvgIpc) is 2.91. The van der Waals surface area contributed by atoms with Crippen molar-refractivity contribution in [2.24, 2.45) is 7.05 Å². The van der Waals surface area contributed by atoms with E-state index in [1.54, 1.807) is 25.0 Å². The first kappa shape index (κ1) is 16.8. The molecule has 0 unspecified atom stereocenters. The molecule has 0 aliphatic rings. The first-order valence-corrected chi connectivity index (χ1v) is 7.13. The van der Waals surface area contributed by atoms with Crippen molar-refractivity contribution in [2.75, 3.05) is 12.4 Å². The van der Waals surface area contributed by atoms with Crippen LogP contribution in [0.15, 0.2) is 30.6 Å². The average molecular weight is 338 g/mol. The Balaban J connectivity index is 2.09. The van der Waals surface area contributed by atoms with E-state index in [9.17, 15) is 14.9 Å². The Bertz CT molecular complexity index is 746. The number of aryl methyl sites for hydroxylation is 1. The van der Waals surface area contributed by atoms with Crippen LogP contribution in [-0.4, -0.2) is 32.7 Å². The minimum Gasteiger partial charge on any atom is -0.321 e. The molecule has 0 spiro atoms. The molecule has 9 heteroatoms. The van der Waals surface area contributed by atoms with Gasteiger partial charge in [0.1, 0.15) is 5.02 Å². The van der Waals surface area contributed by atoms with Crippen LogP contribution in [0.4, 0.5) is 16.2 Å². The first-order valence-electron chi connectivity index (χ1n) is 6.76. The van der Waals surface area contributed by atoms with Crippen LogP contribution in [0.2, 0.25) is 5.02 Å². The van der Waals surface area contributed by atoms with E-state index in [0.29, 0.717) is 5.69 Å². The predicted octanol–water partition coefficient (Wildman–Crippen LogP) is 3.21. The van der Waals surface area contributed by atoms with Gasteiger partial charge in [-0.3, -0.25) is 14.8 Å². The zero-order valence-electron chi connectivity index (χ0n) is 12.9. The molecule has 0 fully saturated rings. The Kier molecular flexibility index (Phi) is 4.85. The molecule has 2 rings (SSSR count). The Hall–Kier alpha value is -2.61. The molecule has 8 nitrogen and oxygen atoms in total. The van der Waals surface area contributed by atoms with Crippen molar-refractivity contribution >= 4 is 29.0 Å². The standard InChI is InChI=1S/C14H16ClN5O3/c1-9(10-7-16-18(2)8-10)19(3)14(21)17-11-4-5-13(20(22)23)12(15)6-11/h4-9H,1-3H3,(H,17,21)/t9-/m1/s1. The monoisotopic (exact) mass is 337 g/mol. The van der Waals surface area contributed by atoms with Gasteiger partial charge >= 0.3 is 6.03 Å². The number of urea groups is 1. The van der Waals surface area contributed by atoms with Gasteiger partial charge in [-0.25, -0.2) is 4.79 Å². The summed E-state index contributed by atoms with van der Waals surface area (Å²) in [5.74, 6) is 0. The molecule has 1 heterocycles. The van der Waals surface area contributed by atoms with Gasteiger partial charge in [-0.2, -0.15) is 5.10 Å². The molecular weight excluding hydrogens is 322 g/mol. The number of hydrogen-bond acceptors (Lipinski definition) is 4. The van der Waals surface area contributed by atoms with E-state index in [1.807, 2.05) is 13.1 Å². The lowest BCUT2D eigenvalue weighted by atomic mass is 10.2. The minimum atomic E-state index is -0.579. The first-order chi connectivity index (χ1) is 10.8. The van der Waals surface area contributed by atoms with Gasteiger partial charge in [-0.1, -0.05) is 11.6 Å². The van der Waals surface area contributed by atoms with Crippen molar-refractivity contribution in [3.8, 4) is 0 Å². The minimum absolute atomic E-state index is 0.0317. The molecule has 2 aromatic rings. The summed E-state index contributed by atoms with van der Waals surface area (Å²) in [6.45, 7) is 1.87. The van der Waals surface area contributed by atoms with E-state index in [2.05, 4.69) is 10.4 Å². The summed E-state index contributed by atoms with van der Waals surface area (Å²) in [7, 11) is 3.45. The molecule has 23 heavy (non-hydrogen) atoms. The highest BCUT2D eigenvalue weighted by Crippen LogP contribution is 2.27. The Labute approximate surface area is 137 Å². The molecule has 122 valence electrons. The lowest BCUT2D eigenvalue weighted by molar-refractivity contribution is -0.384. The summed E-state index contributed by atoms with van der Waals surface area (Å²) < 4.78 is 1.66. The van der Waals surface area contributed by atoms with Gasteiger partial charge in [0.05, 0.1) is 17.2 Å². The number of nitro groups is 1. The number of nitro benzene ring substituents is 1. The van der Waals surface area contributed by atoms with Crippen molar-refractivity contribution in [3.63, 3.8) is 0 Å². The normalized spacial score (nSPS) is 11.8. The summed E-state index contributed by atoms with van der Waals surface area (Å²) in [6, 6.07) is 3.50. The second-order valence-electron chi connectivity index (χ2n) is 5.09. The molecule has 0 radical (unpaired) electrons. The lowest BCUT2D eigenvalue weighted by Gasteiger charge is -2.24. The largest absolute Gasteiger partial charge is 0.322 e. The second kappa shape index (κ2) is 6.66. The maximum Gasteiger partial charge on any atom is 0.322 e. The van der Waals surface area contributed by atoms with Gasteiger partial charge in [0, 0.05) is 37.6 Å². The van der Waals surface area contributed by atoms with Gasteiger partial charge in [-0.15, -0.1) is 0 Å². The van der Waals surface area contributed by atoms with Crippen LogP contribution >= 0.6 is 11.6 Å². The molecule has 0 aliphatic carbocycles. The molecule has 2 amide bonds. The van der Waals surface area contributed by atoms with Gasteiger partial charge in [0.25, 0.3) is 5.69 Å². The van der Waals surface area contributed by atoms with Crippen LogP contribution < -0.4 is 5.32 Å². The van der Waals surface area contributed by atoms with Crippen molar-refractivity contribution in [1.82, 2.24) is 14.7 Å². The summed E-state index contributed by atoms with van der Waals surface area (Å²) in [5, 5.41) is 17.4. The SMILES string of the molecule is C[C@H](c1cnn(C)c1)N(C)C(=O)Nc1ccc([N+](=O)[O-])c(Cl)c1. The van der Waals surface area contributed by atoms with Crippen LogP contribution in [0.1, 0.15) is 18.5 Å².